The van der Waals surface area contributed by atoms with Crippen LogP contribution in [-0.2, 0) is 11.2 Å². The van der Waals surface area contributed by atoms with Gasteiger partial charge in [0.1, 0.15) is 6.26 Å². The lowest BCUT2D eigenvalue weighted by Gasteiger charge is -2.20. The average molecular weight is 209 g/mol. The molecule has 1 heterocycles. The van der Waals surface area contributed by atoms with Gasteiger partial charge in [-0.05, 0) is 18.8 Å². The molecular weight excluding hydrogens is 194 g/mol. The molecule has 1 fully saturated rings. The van der Waals surface area contributed by atoms with Crippen LogP contribution in [0.15, 0.2) is 10.8 Å². The fraction of sp³-hybridized carbons (Fsp3) is 0.636. The molecule has 0 radical (unpaired) electrons. The van der Waals surface area contributed by atoms with Crippen LogP contribution < -0.4 is 0 Å². The predicted molar refractivity (Wildman–Crippen MR) is 53.7 cm³/mol. The zero-order valence-electron chi connectivity index (χ0n) is 8.61. The van der Waals surface area contributed by atoms with Gasteiger partial charge in [0.2, 0.25) is 0 Å². The standard InChI is InChI=1S/C11H15NO3/c13-11(14)6-10-9(7-15-12-10)8-4-2-1-3-5-8/h7-8H,1-6H2,(H,13,14). The van der Waals surface area contributed by atoms with Gasteiger partial charge >= 0.3 is 5.97 Å². The number of hydrogen-bond acceptors (Lipinski definition) is 3. The van der Waals surface area contributed by atoms with Crippen LogP contribution in [0.4, 0.5) is 0 Å². The molecule has 0 spiro atoms. The maximum absolute atomic E-state index is 10.6. The van der Waals surface area contributed by atoms with E-state index in [9.17, 15) is 4.79 Å². The fourth-order valence-corrected chi connectivity index (χ4v) is 2.29. The molecule has 82 valence electrons. The first-order valence-electron chi connectivity index (χ1n) is 5.42. The lowest BCUT2D eigenvalue weighted by Crippen LogP contribution is -2.09. The van der Waals surface area contributed by atoms with Crippen LogP contribution in [0.1, 0.15) is 49.3 Å². The summed E-state index contributed by atoms with van der Waals surface area (Å²) in [6, 6.07) is 0. The van der Waals surface area contributed by atoms with E-state index in [1.807, 2.05) is 0 Å². The molecule has 1 aromatic rings. The van der Waals surface area contributed by atoms with Gasteiger partial charge in [0.05, 0.1) is 12.1 Å². The molecule has 0 atom stereocenters. The SMILES string of the molecule is O=C(O)Cc1nocc1C1CCCCC1. The summed E-state index contributed by atoms with van der Waals surface area (Å²) in [7, 11) is 0. The smallest absolute Gasteiger partial charge is 0.309 e. The van der Waals surface area contributed by atoms with Crippen molar-refractivity contribution in [3.63, 3.8) is 0 Å². The van der Waals surface area contributed by atoms with E-state index in [0.29, 0.717) is 11.6 Å². The van der Waals surface area contributed by atoms with Crippen molar-refractivity contribution in [2.75, 3.05) is 0 Å². The summed E-state index contributed by atoms with van der Waals surface area (Å²) in [5, 5.41) is 12.5. The lowest BCUT2D eigenvalue weighted by molar-refractivity contribution is -0.136. The molecule has 2 rings (SSSR count). The summed E-state index contributed by atoms with van der Waals surface area (Å²) in [6.07, 6.45) is 7.60. The van der Waals surface area contributed by atoms with Crippen LogP contribution in [0, 0.1) is 0 Å². The molecular formula is C11H15NO3. The third-order valence-electron chi connectivity index (χ3n) is 3.04. The van der Waals surface area contributed by atoms with Crippen LogP contribution in [0.2, 0.25) is 0 Å². The number of aromatic nitrogens is 1. The molecule has 0 unspecified atom stereocenters. The molecule has 1 N–H and O–H groups in total. The molecule has 15 heavy (non-hydrogen) atoms. The molecule has 0 saturated heterocycles. The van der Waals surface area contributed by atoms with Crippen molar-refractivity contribution in [1.82, 2.24) is 5.16 Å². The van der Waals surface area contributed by atoms with Gasteiger partial charge in [-0.1, -0.05) is 24.4 Å². The van der Waals surface area contributed by atoms with Crippen molar-refractivity contribution < 1.29 is 14.4 Å². The number of aliphatic carboxylic acids is 1. The van der Waals surface area contributed by atoms with Crippen molar-refractivity contribution in [2.45, 2.75) is 44.4 Å². The Hall–Kier alpha value is -1.32. The van der Waals surface area contributed by atoms with Crippen LogP contribution in [0.3, 0.4) is 0 Å². The number of hydrogen-bond donors (Lipinski definition) is 1. The van der Waals surface area contributed by atoms with Crippen LogP contribution >= 0.6 is 0 Å². The van der Waals surface area contributed by atoms with E-state index >= 15 is 0 Å². The fourth-order valence-electron chi connectivity index (χ4n) is 2.29. The summed E-state index contributed by atoms with van der Waals surface area (Å²) >= 11 is 0. The van der Waals surface area contributed by atoms with Gasteiger partial charge in [0.25, 0.3) is 0 Å². The van der Waals surface area contributed by atoms with Crippen molar-refractivity contribution in [2.24, 2.45) is 0 Å². The second kappa shape index (κ2) is 4.47. The Bertz CT molecular complexity index is 339. The Morgan fingerprint density at radius 1 is 1.47 bits per heavy atom. The first-order chi connectivity index (χ1) is 7.27. The van der Waals surface area contributed by atoms with Gasteiger partial charge in [0, 0.05) is 5.56 Å². The summed E-state index contributed by atoms with van der Waals surface area (Å²) in [5.74, 6) is -0.389. The third kappa shape index (κ3) is 2.37. The minimum Gasteiger partial charge on any atom is -0.481 e. The van der Waals surface area contributed by atoms with E-state index in [4.69, 9.17) is 9.63 Å². The molecule has 1 saturated carbocycles. The second-order valence-corrected chi connectivity index (χ2v) is 4.12. The first-order valence-corrected chi connectivity index (χ1v) is 5.42. The molecule has 1 aliphatic carbocycles. The monoisotopic (exact) mass is 209 g/mol. The molecule has 1 aliphatic rings. The topological polar surface area (TPSA) is 63.3 Å². The van der Waals surface area contributed by atoms with Crippen molar-refractivity contribution in [3.05, 3.63) is 17.5 Å². The van der Waals surface area contributed by atoms with E-state index in [1.54, 1.807) is 6.26 Å². The maximum Gasteiger partial charge on any atom is 0.309 e. The summed E-state index contributed by atoms with van der Waals surface area (Å²) in [6.45, 7) is 0. The Morgan fingerprint density at radius 3 is 2.87 bits per heavy atom. The summed E-state index contributed by atoms with van der Waals surface area (Å²) in [4.78, 5) is 10.6. The summed E-state index contributed by atoms with van der Waals surface area (Å²) in [5.41, 5.74) is 1.62. The highest BCUT2D eigenvalue weighted by Crippen LogP contribution is 2.34. The van der Waals surface area contributed by atoms with E-state index < -0.39 is 5.97 Å². The molecule has 1 aromatic heterocycles. The van der Waals surface area contributed by atoms with Gasteiger partial charge in [-0.2, -0.15) is 0 Å². The molecule has 0 aliphatic heterocycles. The minimum atomic E-state index is -0.846. The zero-order valence-corrected chi connectivity index (χ0v) is 8.61. The normalized spacial score (nSPS) is 17.9. The Morgan fingerprint density at radius 2 is 2.20 bits per heavy atom. The predicted octanol–water partition coefficient (Wildman–Crippen LogP) is 2.35. The van der Waals surface area contributed by atoms with Crippen molar-refractivity contribution >= 4 is 5.97 Å². The van der Waals surface area contributed by atoms with Gasteiger partial charge in [-0.15, -0.1) is 0 Å². The summed E-state index contributed by atoms with van der Waals surface area (Å²) < 4.78 is 4.89. The maximum atomic E-state index is 10.6. The van der Waals surface area contributed by atoms with E-state index in [-0.39, 0.29) is 6.42 Å². The van der Waals surface area contributed by atoms with E-state index in [2.05, 4.69) is 5.16 Å². The Balaban J connectivity index is 2.12. The molecule has 4 heteroatoms. The number of carbonyl (C=O) groups is 1. The first kappa shape index (κ1) is 10.2. The van der Waals surface area contributed by atoms with Crippen LogP contribution in [0.25, 0.3) is 0 Å². The molecule has 0 amide bonds. The Labute approximate surface area is 88.3 Å². The third-order valence-corrected chi connectivity index (χ3v) is 3.04. The molecule has 4 nitrogen and oxygen atoms in total. The van der Waals surface area contributed by atoms with Gasteiger partial charge < -0.3 is 9.63 Å². The largest absolute Gasteiger partial charge is 0.481 e. The highest BCUT2D eigenvalue weighted by atomic mass is 16.5. The number of nitrogens with zero attached hydrogens (tertiary/aromatic N) is 1. The molecule has 0 bridgehead atoms. The van der Waals surface area contributed by atoms with Gasteiger partial charge in [-0.25, -0.2) is 0 Å². The number of rotatable bonds is 3. The van der Waals surface area contributed by atoms with E-state index in [0.717, 1.165) is 18.4 Å². The van der Waals surface area contributed by atoms with Crippen LogP contribution in [0.5, 0.6) is 0 Å². The number of carboxylic acids is 1. The highest BCUT2D eigenvalue weighted by Gasteiger charge is 2.22. The average Bonchev–Trinajstić information content (AvgIpc) is 2.66. The number of carboxylic acid groups (broad SMARTS) is 1. The zero-order chi connectivity index (χ0) is 10.7. The van der Waals surface area contributed by atoms with E-state index in [1.165, 1.54) is 19.3 Å². The Kier molecular flexibility index (Phi) is 3.04. The second-order valence-electron chi connectivity index (χ2n) is 4.12. The minimum absolute atomic E-state index is 0.0255. The van der Waals surface area contributed by atoms with Gasteiger partial charge in [-0.3, -0.25) is 4.79 Å². The van der Waals surface area contributed by atoms with Crippen LogP contribution in [-0.4, -0.2) is 16.2 Å². The highest BCUT2D eigenvalue weighted by molar-refractivity contribution is 5.70. The quantitative estimate of drug-likeness (QED) is 0.829. The van der Waals surface area contributed by atoms with Crippen molar-refractivity contribution in [1.29, 1.82) is 0 Å². The van der Waals surface area contributed by atoms with Gasteiger partial charge in [0.15, 0.2) is 0 Å². The molecule has 0 aromatic carbocycles. The lowest BCUT2D eigenvalue weighted by atomic mass is 9.84. The van der Waals surface area contributed by atoms with Crippen molar-refractivity contribution in [3.8, 4) is 0 Å².